The van der Waals surface area contributed by atoms with Crippen LogP contribution in [0.4, 0.5) is 13.2 Å². The lowest BCUT2D eigenvalue weighted by Crippen LogP contribution is -2.12. The molecule has 1 atom stereocenters. The number of nitrogens with one attached hydrogen (secondary N) is 1. The molecular weight excluding hydrogens is 275 g/mol. The summed E-state index contributed by atoms with van der Waals surface area (Å²) in [5.41, 5.74) is -1.86. The van der Waals surface area contributed by atoms with E-state index in [0.717, 1.165) is 24.2 Å². The molecule has 19 heavy (non-hydrogen) atoms. The van der Waals surface area contributed by atoms with Crippen LogP contribution in [0.15, 0.2) is 18.2 Å². The topological polar surface area (TPSA) is 21.3 Å². The second kappa shape index (κ2) is 6.05. The minimum atomic E-state index is -4.18. The second-order valence-corrected chi connectivity index (χ2v) is 5.51. The van der Waals surface area contributed by atoms with Gasteiger partial charge >= 0.3 is 5.51 Å². The van der Waals surface area contributed by atoms with Crippen LogP contribution in [0.3, 0.4) is 0 Å². The first-order valence-electron chi connectivity index (χ1n) is 6.14. The number of alkyl halides is 3. The molecule has 2 rings (SSSR count). The van der Waals surface area contributed by atoms with Crippen LogP contribution in [-0.2, 0) is 6.42 Å². The SMILES string of the molecule is CNC1CCc2c(OCCSC(F)(F)F)cccc21. The summed E-state index contributed by atoms with van der Waals surface area (Å²) >= 11 is -0.0462. The van der Waals surface area contributed by atoms with Gasteiger partial charge in [-0.1, -0.05) is 12.1 Å². The summed E-state index contributed by atoms with van der Waals surface area (Å²) in [5, 5.41) is 3.23. The first-order chi connectivity index (χ1) is 9.01. The Labute approximate surface area is 114 Å². The van der Waals surface area contributed by atoms with E-state index in [1.54, 1.807) is 0 Å². The molecule has 1 aliphatic carbocycles. The van der Waals surface area contributed by atoms with Gasteiger partial charge in [-0.05, 0) is 48.8 Å². The van der Waals surface area contributed by atoms with Gasteiger partial charge in [0, 0.05) is 11.8 Å². The van der Waals surface area contributed by atoms with E-state index in [2.05, 4.69) is 5.32 Å². The highest BCUT2D eigenvalue weighted by Crippen LogP contribution is 2.37. The molecule has 6 heteroatoms. The van der Waals surface area contributed by atoms with Crippen LogP contribution < -0.4 is 10.1 Å². The minimum Gasteiger partial charge on any atom is -0.492 e. The van der Waals surface area contributed by atoms with Crippen molar-refractivity contribution in [3.05, 3.63) is 29.3 Å². The van der Waals surface area contributed by atoms with E-state index in [1.807, 2.05) is 25.2 Å². The molecule has 1 aliphatic rings. The van der Waals surface area contributed by atoms with Gasteiger partial charge in [0.05, 0.1) is 6.61 Å². The van der Waals surface area contributed by atoms with Gasteiger partial charge in [-0.3, -0.25) is 0 Å². The van der Waals surface area contributed by atoms with E-state index in [9.17, 15) is 13.2 Å². The largest absolute Gasteiger partial charge is 0.492 e. The van der Waals surface area contributed by atoms with Crippen molar-refractivity contribution in [2.75, 3.05) is 19.4 Å². The molecule has 1 N–H and O–H groups in total. The number of rotatable bonds is 5. The Morgan fingerprint density at radius 1 is 1.42 bits per heavy atom. The van der Waals surface area contributed by atoms with Crippen molar-refractivity contribution in [2.45, 2.75) is 24.4 Å². The van der Waals surface area contributed by atoms with Gasteiger partial charge in [-0.15, -0.1) is 0 Å². The Kier molecular flexibility index (Phi) is 4.62. The van der Waals surface area contributed by atoms with Crippen molar-refractivity contribution in [3.8, 4) is 5.75 Å². The molecular formula is C13H16F3NOS. The summed E-state index contributed by atoms with van der Waals surface area (Å²) in [6, 6.07) is 6.08. The van der Waals surface area contributed by atoms with E-state index >= 15 is 0 Å². The summed E-state index contributed by atoms with van der Waals surface area (Å²) in [7, 11) is 1.91. The molecule has 0 saturated carbocycles. The minimum absolute atomic E-state index is 0.0462. The molecule has 1 aromatic rings. The Balaban J connectivity index is 1.93. The van der Waals surface area contributed by atoms with E-state index in [1.165, 1.54) is 5.56 Å². The molecule has 0 aromatic heterocycles. The summed E-state index contributed by atoms with van der Waals surface area (Å²) in [4.78, 5) is 0. The second-order valence-electron chi connectivity index (χ2n) is 4.35. The molecule has 0 saturated heterocycles. The van der Waals surface area contributed by atoms with Crippen molar-refractivity contribution >= 4 is 11.8 Å². The van der Waals surface area contributed by atoms with Gasteiger partial charge in [0.25, 0.3) is 0 Å². The summed E-state index contributed by atoms with van der Waals surface area (Å²) in [5.74, 6) is 0.640. The Bertz CT molecular complexity index is 436. The van der Waals surface area contributed by atoms with Gasteiger partial charge in [-0.25, -0.2) is 0 Å². The molecule has 2 nitrogen and oxygen atoms in total. The van der Waals surface area contributed by atoms with Crippen LogP contribution in [0.25, 0.3) is 0 Å². The zero-order valence-corrected chi connectivity index (χ0v) is 11.4. The van der Waals surface area contributed by atoms with Gasteiger partial charge in [0.2, 0.25) is 0 Å². The fourth-order valence-electron chi connectivity index (χ4n) is 2.36. The van der Waals surface area contributed by atoms with Crippen molar-refractivity contribution in [2.24, 2.45) is 0 Å². The first-order valence-corrected chi connectivity index (χ1v) is 7.12. The molecule has 0 bridgehead atoms. The number of ether oxygens (including phenoxy) is 1. The zero-order chi connectivity index (χ0) is 13.9. The number of halogens is 3. The number of hydrogen-bond acceptors (Lipinski definition) is 3. The normalized spacial score (nSPS) is 18.4. The van der Waals surface area contributed by atoms with Gasteiger partial charge in [0.15, 0.2) is 0 Å². The van der Waals surface area contributed by atoms with Crippen LogP contribution in [0, 0.1) is 0 Å². The summed E-state index contributed by atoms with van der Waals surface area (Å²) < 4.78 is 41.5. The maximum atomic E-state index is 12.0. The van der Waals surface area contributed by atoms with Crippen molar-refractivity contribution < 1.29 is 17.9 Å². The number of thioether (sulfide) groups is 1. The number of fused-ring (bicyclic) bond motifs is 1. The molecule has 106 valence electrons. The van der Waals surface area contributed by atoms with Crippen molar-refractivity contribution in [1.29, 1.82) is 0 Å². The highest BCUT2D eigenvalue weighted by molar-refractivity contribution is 8.00. The Morgan fingerprint density at radius 3 is 2.89 bits per heavy atom. The standard InChI is InChI=1S/C13H16F3NOS/c1-17-11-6-5-10-9(11)3-2-4-12(10)18-7-8-19-13(14,15)16/h2-4,11,17H,5-8H2,1H3. The maximum Gasteiger partial charge on any atom is 0.441 e. The average molecular weight is 291 g/mol. The van der Waals surface area contributed by atoms with Gasteiger partial charge in [-0.2, -0.15) is 13.2 Å². The van der Waals surface area contributed by atoms with Crippen LogP contribution >= 0.6 is 11.8 Å². The fourth-order valence-corrected chi connectivity index (χ4v) is 2.76. The lowest BCUT2D eigenvalue weighted by molar-refractivity contribution is -0.0329. The van der Waals surface area contributed by atoms with Crippen LogP contribution in [0.1, 0.15) is 23.6 Å². The molecule has 0 radical (unpaired) electrons. The third-order valence-corrected chi connectivity index (χ3v) is 3.88. The van der Waals surface area contributed by atoms with E-state index in [4.69, 9.17) is 4.74 Å². The van der Waals surface area contributed by atoms with E-state index in [-0.39, 0.29) is 24.1 Å². The van der Waals surface area contributed by atoms with Crippen LogP contribution in [0.5, 0.6) is 5.75 Å². The lowest BCUT2D eigenvalue weighted by atomic mass is 10.1. The highest BCUT2D eigenvalue weighted by Gasteiger charge is 2.28. The number of benzene rings is 1. The van der Waals surface area contributed by atoms with E-state index in [0.29, 0.717) is 6.04 Å². The predicted octanol–water partition coefficient (Wildman–Crippen LogP) is 3.53. The van der Waals surface area contributed by atoms with Crippen molar-refractivity contribution in [1.82, 2.24) is 5.32 Å². The lowest BCUT2D eigenvalue weighted by Gasteiger charge is -2.13. The molecule has 0 amide bonds. The molecule has 0 heterocycles. The van der Waals surface area contributed by atoms with Crippen LogP contribution in [0.2, 0.25) is 0 Å². The maximum absolute atomic E-state index is 12.0. The van der Waals surface area contributed by atoms with Crippen molar-refractivity contribution in [3.63, 3.8) is 0 Å². The quantitative estimate of drug-likeness (QED) is 0.839. The van der Waals surface area contributed by atoms with E-state index < -0.39 is 5.51 Å². The zero-order valence-electron chi connectivity index (χ0n) is 10.6. The molecule has 1 unspecified atom stereocenters. The number of hydrogen-bond donors (Lipinski definition) is 1. The summed E-state index contributed by atoms with van der Waals surface area (Å²) in [6.45, 7) is 0.0743. The van der Waals surface area contributed by atoms with Gasteiger partial charge in [0.1, 0.15) is 5.75 Å². The smallest absolute Gasteiger partial charge is 0.441 e. The third-order valence-electron chi connectivity index (χ3n) is 3.18. The van der Waals surface area contributed by atoms with Crippen LogP contribution in [-0.4, -0.2) is 24.9 Å². The average Bonchev–Trinajstić information content (AvgIpc) is 2.77. The summed E-state index contributed by atoms with van der Waals surface area (Å²) in [6.07, 6.45) is 1.91. The highest BCUT2D eigenvalue weighted by atomic mass is 32.2. The molecule has 0 spiro atoms. The molecule has 1 aromatic carbocycles. The predicted molar refractivity (Wildman–Crippen MR) is 70.6 cm³/mol. The van der Waals surface area contributed by atoms with Gasteiger partial charge < -0.3 is 10.1 Å². The Hall–Kier alpha value is -0.880. The fraction of sp³-hybridized carbons (Fsp3) is 0.538. The Morgan fingerprint density at radius 2 is 2.21 bits per heavy atom. The molecule has 0 aliphatic heterocycles. The first kappa shape index (κ1) is 14.5. The third kappa shape index (κ3) is 3.79. The monoisotopic (exact) mass is 291 g/mol. The molecule has 0 fully saturated rings.